The average molecular weight is 397 g/mol. The van der Waals surface area contributed by atoms with E-state index in [1.807, 2.05) is 58.0 Å². The molecule has 1 aliphatic heterocycles. The van der Waals surface area contributed by atoms with Gasteiger partial charge in [-0.15, -0.1) is 0 Å². The number of rotatable bonds is 5. The van der Waals surface area contributed by atoms with Crippen molar-refractivity contribution in [3.63, 3.8) is 0 Å². The van der Waals surface area contributed by atoms with Gasteiger partial charge in [0.15, 0.2) is 6.10 Å². The number of urea groups is 1. The Kier molecular flexibility index (Phi) is 6.20. The number of oxime groups is 1. The Morgan fingerprint density at radius 1 is 1.24 bits per heavy atom. The fraction of sp³-hybridized carbons (Fsp3) is 0.391. The monoisotopic (exact) mass is 397 g/mol. The Morgan fingerprint density at radius 3 is 2.69 bits per heavy atom. The van der Waals surface area contributed by atoms with Gasteiger partial charge in [0.2, 0.25) is 0 Å². The molecule has 2 aromatic carbocycles. The van der Waals surface area contributed by atoms with Crippen LogP contribution in [0.1, 0.15) is 43.9 Å². The summed E-state index contributed by atoms with van der Waals surface area (Å²) in [7, 11) is 0. The predicted molar refractivity (Wildman–Crippen MR) is 112 cm³/mol. The van der Waals surface area contributed by atoms with Crippen molar-refractivity contribution in [1.29, 1.82) is 0 Å². The van der Waals surface area contributed by atoms with Gasteiger partial charge in [0.1, 0.15) is 5.82 Å². The van der Waals surface area contributed by atoms with Gasteiger partial charge in [0.25, 0.3) is 0 Å². The number of hydrogen-bond acceptors (Lipinski definition) is 3. The molecule has 1 heterocycles. The number of amides is 2. The van der Waals surface area contributed by atoms with Gasteiger partial charge in [-0.25, -0.2) is 9.18 Å². The van der Waals surface area contributed by atoms with Gasteiger partial charge in [-0.05, 0) is 51.0 Å². The number of benzene rings is 2. The lowest BCUT2D eigenvalue weighted by molar-refractivity contribution is 0.0580. The van der Waals surface area contributed by atoms with Gasteiger partial charge in [-0.1, -0.05) is 41.6 Å². The van der Waals surface area contributed by atoms with E-state index in [-0.39, 0.29) is 23.5 Å². The molecule has 29 heavy (non-hydrogen) atoms. The van der Waals surface area contributed by atoms with Crippen molar-refractivity contribution in [3.05, 3.63) is 71.0 Å². The summed E-state index contributed by atoms with van der Waals surface area (Å²) in [6.45, 7) is 8.47. The number of hydrogen-bond donors (Lipinski definition) is 1. The van der Waals surface area contributed by atoms with Crippen LogP contribution in [0.3, 0.4) is 0 Å². The van der Waals surface area contributed by atoms with Crippen LogP contribution >= 0.6 is 0 Å². The highest BCUT2D eigenvalue weighted by Gasteiger charge is 2.28. The summed E-state index contributed by atoms with van der Waals surface area (Å²) in [6.07, 6.45) is 0.372. The molecular weight excluding hydrogens is 369 g/mol. The molecule has 0 fully saturated rings. The summed E-state index contributed by atoms with van der Waals surface area (Å²) in [4.78, 5) is 20.2. The second-order valence-electron chi connectivity index (χ2n) is 8.48. The molecule has 0 spiro atoms. The maximum atomic E-state index is 13.6. The number of carbonyl (C=O) groups is 1. The van der Waals surface area contributed by atoms with E-state index in [0.29, 0.717) is 19.5 Å². The Bertz CT molecular complexity index is 905. The van der Waals surface area contributed by atoms with Crippen molar-refractivity contribution in [2.45, 2.75) is 52.3 Å². The molecule has 0 aromatic heterocycles. The first-order chi connectivity index (χ1) is 13.7. The topological polar surface area (TPSA) is 53.9 Å². The van der Waals surface area contributed by atoms with Gasteiger partial charge in [-0.3, -0.25) is 0 Å². The third kappa shape index (κ3) is 5.79. The summed E-state index contributed by atoms with van der Waals surface area (Å²) in [5.74, 6) is -0.319. The van der Waals surface area contributed by atoms with Crippen LogP contribution in [0.2, 0.25) is 0 Å². The van der Waals surface area contributed by atoms with Crippen molar-refractivity contribution < 1.29 is 14.0 Å². The fourth-order valence-electron chi connectivity index (χ4n) is 3.30. The van der Waals surface area contributed by atoms with Gasteiger partial charge >= 0.3 is 6.03 Å². The Hall–Kier alpha value is -2.89. The van der Waals surface area contributed by atoms with Crippen LogP contribution in [0, 0.1) is 12.7 Å². The smallest absolute Gasteiger partial charge is 0.318 e. The molecular formula is C23H28FN3O2. The molecule has 2 amide bonds. The molecule has 0 bridgehead atoms. The number of aryl methyl sites for hydroxylation is 1. The fourth-order valence-corrected chi connectivity index (χ4v) is 3.30. The molecule has 3 rings (SSSR count). The lowest BCUT2D eigenvalue weighted by Crippen LogP contribution is -2.50. The highest BCUT2D eigenvalue weighted by molar-refractivity contribution is 6.02. The molecule has 1 N–H and O–H groups in total. The largest absolute Gasteiger partial charge is 0.390 e. The van der Waals surface area contributed by atoms with Crippen molar-refractivity contribution in [1.82, 2.24) is 10.2 Å². The highest BCUT2D eigenvalue weighted by atomic mass is 19.1. The van der Waals surface area contributed by atoms with Crippen molar-refractivity contribution >= 4 is 11.7 Å². The van der Waals surface area contributed by atoms with E-state index in [0.717, 1.165) is 22.4 Å². The second kappa shape index (κ2) is 8.64. The van der Waals surface area contributed by atoms with Gasteiger partial charge < -0.3 is 15.1 Å². The van der Waals surface area contributed by atoms with Crippen molar-refractivity contribution in [3.8, 4) is 0 Å². The average Bonchev–Trinajstić information content (AvgIpc) is 3.08. The molecule has 0 saturated heterocycles. The summed E-state index contributed by atoms with van der Waals surface area (Å²) in [5.41, 5.74) is 3.43. The van der Waals surface area contributed by atoms with Crippen LogP contribution in [0.5, 0.6) is 0 Å². The molecule has 0 saturated carbocycles. The van der Waals surface area contributed by atoms with Gasteiger partial charge in [0, 0.05) is 24.1 Å². The third-order valence-corrected chi connectivity index (χ3v) is 4.64. The minimum absolute atomic E-state index is 0.213. The first-order valence-electron chi connectivity index (χ1n) is 9.81. The lowest BCUT2D eigenvalue weighted by atomic mass is 10.0. The maximum Gasteiger partial charge on any atom is 0.318 e. The quantitative estimate of drug-likeness (QED) is 0.799. The van der Waals surface area contributed by atoms with Crippen LogP contribution in [0.4, 0.5) is 9.18 Å². The normalized spacial score (nSPS) is 16.2. The van der Waals surface area contributed by atoms with Crippen LogP contribution < -0.4 is 5.32 Å². The predicted octanol–water partition coefficient (Wildman–Crippen LogP) is 4.64. The van der Waals surface area contributed by atoms with E-state index in [2.05, 4.69) is 10.5 Å². The molecule has 0 unspecified atom stereocenters. The van der Waals surface area contributed by atoms with Crippen molar-refractivity contribution in [2.24, 2.45) is 5.16 Å². The van der Waals surface area contributed by atoms with Crippen LogP contribution in [0.15, 0.2) is 53.7 Å². The minimum Gasteiger partial charge on any atom is -0.390 e. The molecule has 0 aliphatic carbocycles. The molecule has 6 heteroatoms. The highest BCUT2D eigenvalue weighted by Crippen LogP contribution is 2.21. The molecule has 154 valence electrons. The Morgan fingerprint density at radius 2 is 2.00 bits per heavy atom. The summed E-state index contributed by atoms with van der Waals surface area (Å²) < 4.78 is 13.6. The number of halogens is 1. The standard InChI is InChI=1S/C23H28FN3O2/c1-16-8-5-6-11-20(16)21-13-19(29-26-21)15-27(22(28)25-23(2,3)4)14-17-9-7-10-18(24)12-17/h5-12,19H,13-15H2,1-4H3,(H,25,28)/t19-/m1/s1. The molecule has 0 radical (unpaired) electrons. The lowest BCUT2D eigenvalue weighted by Gasteiger charge is -2.29. The number of carbonyl (C=O) groups excluding carboxylic acids is 1. The van der Waals surface area contributed by atoms with Crippen LogP contribution in [0.25, 0.3) is 0 Å². The zero-order valence-corrected chi connectivity index (χ0v) is 17.4. The maximum absolute atomic E-state index is 13.6. The zero-order valence-electron chi connectivity index (χ0n) is 17.4. The second-order valence-corrected chi connectivity index (χ2v) is 8.48. The first kappa shape index (κ1) is 20.8. The Labute approximate surface area is 171 Å². The number of nitrogens with one attached hydrogen (secondary N) is 1. The van der Waals surface area contributed by atoms with E-state index >= 15 is 0 Å². The van der Waals surface area contributed by atoms with Crippen molar-refractivity contribution in [2.75, 3.05) is 6.54 Å². The van der Waals surface area contributed by atoms with E-state index in [1.54, 1.807) is 11.0 Å². The molecule has 5 nitrogen and oxygen atoms in total. The van der Waals surface area contributed by atoms with Crippen LogP contribution in [-0.4, -0.2) is 34.8 Å². The van der Waals surface area contributed by atoms with E-state index < -0.39 is 0 Å². The Balaban J connectivity index is 1.71. The van der Waals surface area contributed by atoms with Gasteiger partial charge in [0.05, 0.1) is 12.3 Å². The summed E-state index contributed by atoms with van der Waals surface area (Å²) in [6, 6.07) is 14.1. The van der Waals surface area contributed by atoms with E-state index in [1.165, 1.54) is 12.1 Å². The van der Waals surface area contributed by atoms with Crippen LogP contribution in [-0.2, 0) is 11.4 Å². The summed E-state index contributed by atoms with van der Waals surface area (Å²) >= 11 is 0. The SMILES string of the molecule is Cc1ccccc1C1=NO[C@@H](CN(Cc2cccc(F)c2)C(=O)NC(C)(C)C)C1. The number of nitrogens with zero attached hydrogens (tertiary/aromatic N) is 2. The minimum atomic E-state index is -0.378. The van der Waals surface area contributed by atoms with E-state index in [9.17, 15) is 9.18 Å². The van der Waals surface area contributed by atoms with Gasteiger partial charge in [-0.2, -0.15) is 0 Å². The molecule has 1 atom stereocenters. The third-order valence-electron chi connectivity index (χ3n) is 4.64. The molecule has 1 aliphatic rings. The first-order valence-corrected chi connectivity index (χ1v) is 9.81. The molecule has 2 aromatic rings. The van der Waals surface area contributed by atoms with E-state index in [4.69, 9.17) is 4.84 Å². The summed E-state index contributed by atoms with van der Waals surface area (Å²) in [5, 5.41) is 7.23. The zero-order chi connectivity index (χ0) is 21.0.